The zero-order valence-corrected chi connectivity index (χ0v) is 38.4. The molecule has 8 aromatic rings. The van der Waals surface area contributed by atoms with Crippen LogP contribution < -0.4 is 20.7 Å². The number of aryl methyl sites for hydroxylation is 2. The molecule has 0 bridgehead atoms. The molecule has 6 aromatic heterocycles. The summed E-state index contributed by atoms with van der Waals surface area (Å²) in [6, 6.07) is 14.0. The third-order valence-electron chi connectivity index (χ3n) is 10.2. The molecule has 14 nitrogen and oxygen atoms in total. The van der Waals surface area contributed by atoms with Gasteiger partial charge in [-0.25, -0.2) is 49.9 Å². The summed E-state index contributed by atoms with van der Waals surface area (Å²) in [6.45, 7) is -0.0203. The van der Waals surface area contributed by atoms with Crippen LogP contribution in [0.5, 0.6) is 0 Å². The highest BCUT2D eigenvalue weighted by atomic mass is 35.5. The number of benzene rings is 2. The van der Waals surface area contributed by atoms with E-state index in [1.54, 1.807) is 107 Å². The monoisotopic (exact) mass is 1010 g/mol. The van der Waals surface area contributed by atoms with Crippen LogP contribution in [-0.4, -0.2) is 75.2 Å². The van der Waals surface area contributed by atoms with Gasteiger partial charge in [0.2, 0.25) is 11.9 Å². The molecule has 0 aliphatic heterocycles. The zero-order valence-electron chi connectivity index (χ0n) is 35.4. The molecule has 2 aromatic carbocycles. The van der Waals surface area contributed by atoms with Crippen molar-refractivity contribution in [2.24, 2.45) is 14.1 Å². The van der Waals surface area contributed by atoms with Crippen molar-refractivity contribution in [2.75, 3.05) is 46.8 Å². The number of hydrogen-bond acceptors (Lipinski definition) is 12. The first-order valence-corrected chi connectivity index (χ1v) is 21.7. The molecular formula is C44H34Cl4F6N14. The number of rotatable bonds is 15. The molecule has 0 fully saturated rings. The molecule has 350 valence electrons. The molecule has 0 unspecified atom stereocenters. The van der Waals surface area contributed by atoms with E-state index in [9.17, 15) is 26.3 Å². The van der Waals surface area contributed by atoms with E-state index < -0.39 is 23.5 Å². The standard InChI is InChI=1S/C44H34Cl4F6N14/c1-65-15-11-57-39(65)31-23-61-41(63-37(31)29-7-5-27(45)19-33(29)47)67(17-13-55-35-9-3-25(21-59-35)43(49,50)51)68(18-14-56-36-10-4-26(22-60-36)44(52,53)54)42-62-24-32(40-58-12-16-66(40)2)38(64-42)30-8-6-28(46)20-34(30)48/h3-12,15-16,19-24H,13-14,17-18H2,1-2H3,(H,55,59)(H,56,60). The van der Waals surface area contributed by atoms with Gasteiger partial charge in [0.05, 0.1) is 56.8 Å². The van der Waals surface area contributed by atoms with Gasteiger partial charge in [-0.1, -0.05) is 46.4 Å². The summed E-state index contributed by atoms with van der Waals surface area (Å²) in [5.74, 6) is 1.39. The summed E-state index contributed by atoms with van der Waals surface area (Å²) >= 11 is 26.4. The second-order valence-corrected chi connectivity index (χ2v) is 16.5. The number of nitrogens with one attached hydrogen (secondary N) is 2. The van der Waals surface area contributed by atoms with Gasteiger partial charge in [-0.2, -0.15) is 26.3 Å². The Kier molecular flexibility index (Phi) is 13.9. The fourth-order valence-electron chi connectivity index (χ4n) is 6.91. The van der Waals surface area contributed by atoms with Crippen molar-refractivity contribution in [1.29, 1.82) is 0 Å². The Labute approximate surface area is 403 Å². The van der Waals surface area contributed by atoms with Gasteiger partial charge in [-0.3, -0.25) is 0 Å². The SMILES string of the molecule is Cn1ccnc1-c1cnc(N(CCNc2ccc(C(F)(F)F)cn2)N(CCNc2ccc(C(F)(F)F)cn2)c2ncc(-c3nccn3C)c(-c3ccc(Cl)cc3Cl)n2)nc1-c1ccc(Cl)cc1Cl. The van der Waals surface area contributed by atoms with E-state index in [-0.39, 0.29) is 59.8 Å². The minimum absolute atomic E-state index is 0.0193. The third kappa shape index (κ3) is 10.7. The maximum atomic E-state index is 13.4. The largest absolute Gasteiger partial charge is 0.417 e. The average molecular weight is 1010 g/mol. The van der Waals surface area contributed by atoms with E-state index in [1.165, 1.54) is 12.1 Å². The summed E-state index contributed by atoms with van der Waals surface area (Å²) in [7, 11) is 3.60. The Hall–Kier alpha value is -6.74. The van der Waals surface area contributed by atoms with Gasteiger partial charge >= 0.3 is 12.4 Å². The first kappa shape index (κ1) is 47.7. The number of hydrazine groups is 1. The molecular weight excluding hydrogens is 980 g/mol. The molecule has 24 heteroatoms. The van der Waals surface area contributed by atoms with Gasteiger partial charge in [0.1, 0.15) is 23.3 Å². The van der Waals surface area contributed by atoms with Crippen molar-refractivity contribution in [3.8, 4) is 45.3 Å². The lowest BCUT2D eigenvalue weighted by Gasteiger charge is -2.35. The third-order valence-corrected chi connectivity index (χ3v) is 11.3. The average Bonchev–Trinajstić information content (AvgIpc) is 3.93. The molecule has 0 atom stereocenters. The molecule has 68 heavy (non-hydrogen) atoms. The van der Waals surface area contributed by atoms with E-state index in [0.29, 0.717) is 55.3 Å². The molecule has 0 spiro atoms. The first-order chi connectivity index (χ1) is 32.4. The minimum atomic E-state index is -4.60. The summed E-state index contributed by atoms with van der Waals surface area (Å²) in [6.07, 6.45) is 2.09. The lowest BCUT2D eigenvalue weighted by Crippen LogP contribution is -2.49. The Bertz CT molecular complexity index is 2850. The van der Waals surface area contributed by atoms with Crippen LogP contribution in [0, 0.1) is 0 Å². The highest BCUT2D eigenvalue weighted by molar-refractivity contribution is 6.37. The molecule has 6 heterocycles. The van der Waals surface area contributed by atoms with E-state index in [0.717, 1.165) is 24.5 Å². The van der Waals surface area contributed by atoms with Crippen LogP contribution in [0.15, 0.2) is 110 Å². The number of halogens is 10. The summed E-state index contributed by atoms with van der Waals surface area (Å²) in [5.41, 5.74) is 0.777. The lowest BCUT2D eigenvalue weighted by atomic mass is 10.1. The van der Waals surface area contributed by atoms with Crippen molar-refractivity contribution in [3.63, 3.8) is 0 Å². The quantitative estimate of drug-likeness (QED) is 0.0745. The molecule has 2 N–H and O–H groups in total. The van der Waals surface area contributed by atoms with Gasteiger partial charge in [0.15, 0.2) is 0 Å². The smallest absolute Gasteiger partial charge is 0.368 e. The van der Waals surface area contributed by atoms with Gasteiger partial charge < -0.3 is 19.8 Å². The topological polar surface area (TPSA) is 144 Å². The normalized spacial score (nSPS) is 11.8. The van der Waals surface area contributed by atoms with E-state index in [1.807, 2.05) is 0 Å². The number of anilines is 4. The number of hydrogen-bond donors (Lipinski definition) is 2. The summed E-state index contributed by atoms with van der Waals surface area (Å²) in [4.78, 5) is 36.9. The molecule has 0 saturated heterocycles. The fourth-order valence-corrected chi connectivity index (χ4v) is 7.91. The van der Waals surface area contributed by atoms with Crippen molar-refractivity contribution >= 4 is 69.9 Å². The molecule has 0 amide bonds. The number of pyridine rings is 2. The predicted octanol–water partition coefficient (Wildman–Crippen LogP) is 11.3. The van der Waals surface area contributed by atoms with Gasteiger partial charge in [0, 0.05) is 97.9 Å². The molecule has 8 rings (SSSR count). The van der Waals surface area contributed by atoms with Crippen LogP contribution in [0.2, 0.25) is 20.1 Å². The maximum Gasteiger partial charge on any atom is 0.417 e. The molecule has 0 radical (unpaired) electrons. The Morgan fingerprint density at radius 1 is 0.515 bits per heavy atom. The van der Waals surface area contributed by atoms with Gasteiger partial charge in [-0.15, -0.1) is 0 Å². The second-order valence-electron chi connectivity index (χ2n) is 14.8. The van der Waals surface area contributed by atoms with Crippen molar-refractivity contribution < 1.29 is 26.3 Å². The van der Waals surface area contributed by atoms with E-state index in [4.69, 9.17) is 66.3 Å². The highest BCUT2D eigenvalue weighted by Crippen LogP contribution is 2.39. The number of alkyl halides is 6. The second kappa shape index (κ2) is 19.8. The van der Waals surface area contributed by atoms with Crippen LogP contribution in [0.1, 0.15) is 11.1 Å². The number of aromatic nitrogens is 10. The van der Waals surface area contributed by atoms with Crippen molar-refractivity contribution in [1.82, 2.24) is 49.0 Å². The van der Waals surface area contributed by atoms with E-state index in [2.05, 4.69) is 30.6 Å². The van der Waals surface area contributed by atoms with Crippen LogP contribution in [-0.2, 0) is 26.4 Å². The number of imidazole rings is 2. The zero-order chi connectivity index (χ0) is 48.3. The lowest BCUT2D eigenvalue weighted by molar-refractivity contribution is -0.138. The Morgan fingerprint density at radius 2 is 0.926 bits per heavy atom. The molecule has 0 aliphatic carbocycles. The van der Waals surface area contributed by atoms with Crippen LogP contribution >= 0.6 is 46.4 Å². The maximum absolute atomic E-state index is 13.4. The fraction of sp³-hybridized carbons (Fsp3) is 0.182. The van der Waals surface area contributed by atoms with Crippen molar-refractivity contribution in [3.05, 3.63) is 141 Å². The summed E-state index contributed by atoms with van der Waals surface area (Å²) in [5, 5.41) is 10.7. The Morgan fingerprint density at radius 3 is 1.25 bits per heavy atom. The summed E-state index contributed by atoms with van der Waals surface area (Å²) < 4.78 is 84.2. The van der Waals surface area contributed by atoms with Crippen LogP contribution in [0.3, 0.4) is 0 Å². The number of nitrogens with zero attached hydrogens (tertiary/aromatic N) is 12. The van der Waals surface area contributed by atoms with Crippen LogP contribution in [0.4, 0.5) is 49.9 Å². The van der Waals surface area contributed by atoms with Gasteiger partial charge in [0.25, 0.3) is 0 Å². The minimum Gasteiger partial charge on any atom is -0.368 e. The predicted molar refractivity (Wildman–Crippen MR) is 250 cm³/mol. The highest BCUT2D eigenvalue weighted by Gasteiger charge is 2.32. The first-order valence-electron chi connectivity index (χ1n) is 20.1. The molecule has 0 saturated carbocycles. The molecule has 0 aliphatic rings. The van der Waals surface area contributed by atoms with Gasteiger partial charge in [-0.05, 0) is 60.7 Å². The van der Waals surface area contributed by atoms with Crippen LogP contribution in [0.25, 0.3) is 45.3 Å². The Balaban J connectivity index is 1.29. The van der Waals surface area contributed by atoms with Crippen molar-refractivity contribution in [2.45, 2.75) is 12.4 Å². The van der Waals surface area contributed by atoms with E-state index >= 15 is 0 Å².